The van der Waals surface area contributed by atoms with Crippen LogP contribution in [0.5, 0.6) is 5.88 Å². The van der Waals surface area contributed by atoms with Gasteiger partial charge in [-0.25, -0.2) is 9.18 Å². The minimum Gasteiger partial charge on any atom is -0.493 e. The molecule has 0 aliphatic carbocycles. The average Bonchev–Trinajstić information content (AvgIpc) is 2.32. The molecule has 1 aromatic heterocycles. The van der Waals surface area contributed by atoms with Crippen molar-refractivity contribution >= 4 is 0 Å². The fraction of sp³-hybridized carbons (Fsp3) is 0.625. The van der Waals surface area contributed by atoms with E-state index in [4.69, 9.17) is 0 Å². The van der Waals surface area contributed by atoms with E-state index in [0.29, 0.717) is 18.7 Å². The summed E-state index contributed by atoms with van der Waals surface area (Å²) < 4.78 is 15.5. The molecule has 72 valence electrons. The third kappa shape index (κ3) is 1.07. The highest BCUT2D eigenvalue weighted by Gasteiger charge is 2.25. The van der Waals surface area contributed by atoms with Crippen LogP contribution in [0.3, 0.4) is 0 Å². The Morgan fingerprint density at radius 3 is 3.00 bits per heavy atom. The molecular weight excluding hydrogens is 175 g/mol. The first-order valence-corrected chi connectivity index (χ1v) is 4.22. The van der Waals surface area contributed by atoms with Gasteiger partial charge in [-0.1, -0.05) is 0 Å². The second-order valence-electron chi connectivity index (χ2n) is 3.35. The van der Waals surface area contributed by atoms with Crippen LogP contribution >= 0.6 is 0 Å². The zero-order valence-corrected chi connectivity index (χ0v) is 7.33. The smallest absolute Gasteiger partial charge is 0.331 e. The van der Waals surface area contributed by atoms with Crippen molar-refractivity contribution in [1.29, 1.82) is 0 Å². The average molecular weight is 186 g/mol. The van der Waals surface area contributed by atoms with E-state index < -0.39 is 6.17 Å². The molecule has 0 fully saturated rings. The lowest BCUT2D eigenvalue weighted by Crippen LogP contribution is -2.28. The summed E-state index contributed by atoms with van der Waals surface area (Å²) in [5.74, 6) is -0.104. The lowest BCUT2D eigenvalue weighted by Gasteiger charge is -2.16. The number of aromatic nitrogens is 2. The molecule has 2 heterocycles. The summed E-state index contributed by atoms with van der Waals surface area (Å²) in [6, 6.07) is 0. The van der Waals surface area contributed by atoms with Crippen LogP contribution in [0.25, 0.3) is 0 Å². The van der Waals surface area contributed by atoms with Crippen LogP contribution in [-0.4, -0.2) is 20.4 Å². The maximum atomic E-state index is 12.9. The number of alkyl halides is 1. The zero-order chi connectivity index (χ0) is 9.59. The Labute approximate surface area is 74.2 Å². The minimum atomic E-state index is -0.937. The molecule has 0 saturated carbocycles. The Bertz CT molecular complexity index is 394. The molecule has 1 N–H and O–H groups in total. The highest BCUT2D eigenvalue weighted by molar-refractivity contribution is 5.22. The second kappa shape index (κ2) is 2.61. The van der Waals surface area contributed by atoms with E-state index in [1.807, 2.05) is 0 Å². The molecule has 4 nitrogen and oxygen atoms in total. The predicted octanol–water partition coefficient (Wildman–Crippen LogP) is 0.177. The highest BCUT2D eigenvalue weighted by Crippen LogP contribution is 2.23. The molecule has 2 rings (SSSR count). The van der Waals surface area contributed by atoms with Crippen LogP contribution in [0.1, 0.15) is 12.1 Å². The summed E-state index contributed by atoms with van der Waals surface area (Å²) in [5, 5.41) is 9.46. The van der Waals surface area contributed by atoms with Gasteiger partial charge in [0.1, 0.15) is 6.17 Å². The zero-order valence-electron chi connectivity index (χ0n) is 7.33. The second-order valence-corrected chi connectivity index (χ2v) is 3.35. The summed E-state index contributed by atoms with van der Waals surface area (Å²) >= 11 is 0. The highest BCUT2D eigenvalue weighted by atomic mass is 19.1. The van der Waals surface area contributed by atoms with Crippen molar-refractivity contribution in [2.75, 3.05) is 0 Å². The summed E-state index contributed by atoms with van der Waals surface area (Å²) in [4.78, 5) is 11.4. The lowest BCUT2D eigenvalue weighted by molar-refractivity contribution is 0.265. The fourth-order valence-electron chi connectivity index (χ4n) is 1.71. The molecule has 0 radical (unpaired) electrons. The van der Waals surface area contributed by atoms with E-state index in [-0.39, 0.29) is 18.0 Å². The van der Waals surface area contributed by atoms with E-state index in [9.17, 15) is 14.3 Å². The number of nitrogens with zero attached hydrogens (tertiary/aromatic N) is 2. The molecule has 0 bridgehead atoms. The van der Waals surface area contributed by atoms with Crippen molar-refractivity contribution in [2.45, 2.75) is 25.6 Å². The molecule has 5 heteroatoms. The molecule has 1 aromatic rings. The van der Waals surface area contributed by atoms with E-state index >= 15 is 0 Å². The third-order valence-electron chi connectivity index (χ3n) is 2.50. The van der Waals surface area contributed by atoms with Crippen molar-refractivity contribution in [1.82, 2.24) is 9.13 Å². The monoisotopic (exact) mass is 186 g/mol. The van der Waals surface area contributed by atoms with Crippen LogP contribution in [0.4, 0.5) is 4.39 Å². The van der Waals surface area contributed by atoms with Gasteiger partial charge in [0.2, 0.25) is 5.88 Å². The standard InChI is InChI=1S/C8H11FN2O2/c1-10-7(12)6-4-5(9)2-3-11(6)8(10)13/h5,12H,2-4H2,1H3/t5-/m1/s1. The van der Waals surface area contributed by atoms with Crippen LogP contribution < -0.4 is 5.69 Å². The molecular formula is C8H11FN2O2. The van der Waals surface area contributed by atoms with E-state index in [0.717, 1.165) is 4.57 Å². The Morgan fingerprint density at radius 1 is 1.62 bits per heavy atom. The molecule has 1 aliphatic heterocycles. The van der Waals surface area contributed by atoms with Crippen LogP contribution in [0, 0.1) is 0 Å². The Balaban J connectivity index is 2.60. The van der Waals surface area contributed by atoms with Crippen LogP contribution in [0.15, 0.2) is 4.79 Å². The third-order valence-corrected chi connectivity index (χ3v) is 2.50. The van der Waals surface area contributed by atoms with Crippen molar-refractivity contribution in [3.63, 3.8) is 0 Å². The summed E-state index contributed by atoms with van der Waals surface area (Å²) in [6.45, 7) is 0.365. The van der Waals surface area contributed by atoms with Gasteiger partial charge in [0.15, 0.2) is 0 Å². The summed E-state index contributed by atoms with van der Waals surface area (Å²) in [6.07, 6.45) is -0.439. The maximum Gasteiger partial charge on any atom is 0.331 e. The van der Waals surface area contributed by atoms with E-state index in [2.05, 4.69) is 0 Å². The summed E-state index contributed by atoms with van der Waals surface area (Å²) in [7, 11) is 1.48. The SMILES string of the molecule is Cn1c(O)c2n(c1=O)CC[C@@H](F)C2. The van der Waals surface area contributed by atoms with Gasteiger partial charge in [0, 0.05) is 20.0 Å². The number of hydrogen-bond donors (Lipinski definition) is 1. The van der Waals surface area contributed by atoms with Crippen molar-refractivity contribution in [3.05, 3.63) is 16.2 Å². The van der Waals surface area contributed by atoms with Gasteiger partial charge in [0.05, 0.1) is 5.69 Å². The fourth-order valence-corrected chi connectivity index (χ4v) is 1.71. The van der Waals surface area contributed by atoms with Gasteiger partial charge in [-0.3, -0.25) is 9.13 Å². The van der Waals surface area contributed by atoms with Gasteiger partial charge in [0.25, 0.3) is 0 Å². The Kier molecular flexibility index (Phi) is 1.68. The topological polar surface area (TPSA) is 47.2 Å². The largest absolute Gasteiger partial charge is 0.493 e. The predicted molar refractivity (Wildman–Crippen MR) is 44.6 cm³/mol. The molecule has 13 heavy (non-hydrogen) atoms. The van der Waals surface area contributed by atoms with Gasteiger partial charge < -0.3 is 5.11 Å². The first-order valence-electron chi connectivity index (χ1n) is 4.22. The van der Waals surface area contributed by atoms with Crippen LogP contribution in [-0.2, 0) is 20.0 Å². The first kappa shape index (κ1) is 8.34. The quantitative estimate of drug-likeness (QED) is 0.628. The molecule has 0 unspecified atom stereocenters. The van der Waals surface area contributed by atoms with Gasteiger partial charge in [-0.15, -0.1) is 0 Å². The lowest BCUT2D eigenvalue weighted by atomic mass is 10.1. The molecule has 0 amide bonds. The Hall–Kier alpha value is -1.26. The molecule has 0 spiro atoms. The van der Waals surface area contributed by atoms with Gasteiger partial charge in [-0.05, 0) is 6.42 Å². The van der Waals surface area contributed by atoms with E-state index in [1.165, 1.54) is 11.6 Å². The van der Waals surface area contributed by atoms with E-state index in [1.54, 1.807) is 0 Å². The maximum absolute atomic E-state index is 12.9. The van der Waals surface area contributed by atoms with Crippen molar-refractivity contribution in [3.8, 4) is 5.88 Å². The Morgan fingerprint density at radius 2 is 2.31 bits per heavy atom. The molecule has 0 saturated heterocycles. The van der Waals surface area contributed by atoms with Gasteiger partial charge >= 0.3 is 5.69 Å². The number of hydrogen-bond acceptors (Lipinski definition) is 2. The number of aromatic hydroxyl groups is 1. The number of imidazole rings is 1. The molecule has 1 atom stereocenters. The molecule has 0 aromatic carbocycles. The number of fused-ring (bicyclic) bond motifs is 1. The number of halogens is 1. The summed E-state index contributed by atoms with van der Waals surface area (Å²) in [5.41, 5.74) is 0.158. The minimum absolute atomic E-state index is 0.104. The number of rotatable bonds is 0. The van der Waals surface area contributed by atoms with Crippen molar-refractivity contribution in [2.24, 2.45) is 7.05 Å². The molecule has 1 aliphatic rings. The first-order chi connectivity index (χ1) is 6.11. The van der Waals surface area contributed by atoms with Crippen molar-refractivity contribution < 1.29 is 9.50 Å². The van der Waals surface area contributed by atoms with Gasteiger partial charge in [-0.2, -0.15) is 0 Å². The normalized spacial score (nSPS) is 21.5. The van der Waals surface area contributed by atoms with Crippen LogP contribution in [0.2, 0.25) is 0 Å².